The summed E-state index contributed by atoms with van der Waals surface area (Å²) in [5, 5.41) is 16.3. The number of imide groups is 2. The maximum Gasteiger partial charge on any atom is 0.335 e. The molecule has 0 atom stereocenters. The molecule has 0 bridgehead atoms. The number of amides is 5. The van der Waals surface area contributed by atoms with Crippen LogP contribution >= 0.6 is 11.6 Å². The van der Waals surface area contributed by atoms with E-state index in [1.54, 1.807) is 36.4 Å². The van der Waals surface area contributed by atoms with E-state index in [0.29, 0.717) is 26.9 Å². The number of halogens is 1. The van der Waals surface area contributed by atoms with Gasteiger partial charge in [-0.2, -0.15) is 0 Å². The van der Waals surface area contributed by atoms with Gasteiger partial charge < -0.3 is 10.1 Å². The first-order chi connectivity index (χ1) is 17.7. The van der Waals surface area contributed by atoms with Crippen LogP contribution in [0.2, 0.25) is 5.02 Å². The third-order valence-corrected chi connectivity index (χ3v) is 5.34. The number of nitro benzene ring substituents is 1. The molecule has 0 spiro atoms. The van der Waals surface area contributed by atoms with Gasteiger partial charge in [-0.3, -0.25) is 29.8 Å². The summed E-state index contributed by atoms with van der Waals surface area (Å²) in [4.78, 5) is 60.8. The summed E-state index contributed by atoms with van der Waals surface area (Å²) in [7, 11) is 0. The fraction of sp³-hybridized carbons (Fsp3) is 0.0400. The van der Waals surface area contributed by atoms with Crippen LogP contribution in [0.5, 0.6) is 5.75 Å². The number of benzene rings is 3. The summed E-state index contributed by atoms with van der Waals surface area (Å²) < 4.78 is 5.46. The standard InChI is InChI=1S/C25H17ClN4O7/c26-16-6-8-17(9-7-16)27-22(31)14-37-20-10-4-15(5-11-20)12-21-23(32)28-25(34)29(24(21)33)18-2-1-3-19(13-18)30(35)36/h1-13H,14H2,(H,27,31)(H,28,32,34)/b21-12+. The van der Waals surface area contributed by atoms with E-state index in [2.05, 4.69) is 10.6 Å². The first-order valence-corrected chi connectivity index (χ1v) is 11.0. The van der Waals surface area contributed by atoms with Crippen molar-refractivity contribution >= 4 is 58.5 Å². The lowest BCUT2D eigenvalue weighted by molar-refractivity contribution is -0.384. The molecule has 12 heteroatoms. The Bertz CT molecular complexity index is 1440. The highest BCUT2D eigenvalue weighted by Crippen LogP contribution is 2.26. The van der Waals surface area contributed by atoms with Crippen LogP contribution in [-0.4, -0.2) is 35.3 Å². The molecule has 2 N–H and O–H groups in total. The lowest BCUT2D eigenvalue weighted by Gasteiger charge is -2.26. The Morgan fingerprint density at radius 2 is 1.76 bits per heavy atom. The zero-order chi connectivity index (χ0) is 26.5. The first kappa shape index (κ1) is 25.1. The maximum absolute atomic E-state index is 13.0. The Morgan fingerprint density at radius 1 is 1.05 bits per heavy atom. The van der Waals surface area contributed by atoms with Gasteiger partial charge in [0.05, 0.1) is 10.6 Å². The third-order valence-electron chi connectivity index (χ3n) is 5.09. The van der Waals surface area contributed by atoms with Crippen molar-refractivity contribution in [3.8, 4) is 5.75 Å². The van der Waals surface area contributed by atoms with Gasteiger partial charge in [-0.25, -0.2) is 9.69 Å². The zero-order valence-electron chi connectivity index (χ0n) is 18.8. The van der Waals surface area contributed by atoms with E-state index in [-0.39, 0.29) is 29.5 Å². The molecule has 1 heterocycles. The number of nitrogens with one attached hydrogen (secondary N) is 2. The molecule has 11 nitrogen and oxygen atoms in total. The number of ether oxygens (including phenoxy) is 1. The van der Waals surface area contributed by atoms with Crippen LogP contribution in [0.1, 0.15) is 5.56 Å². The van der Waals surface area contributed by atoms with Gasteiger partial charge in [-0.15, -0.1) is 0 Å². The van der Waals surface area contributed by atoms with Crippen molar-refractivity contribution in [1.29, 1.82) is 0 Å². The highest BCUT2D eigenvalue weighted by molar-refractivity contribution is 6.39. The van der Waals surface area contributed by atoms with Crippen molar-refractivity contribution in [3.63, 3.8) is 0 Å². The van der Waals surface area contributed by atoms with Crippen LogP contribution in [0.4, 0.5) is 21.9 Å². The molecule has 0 aliphatic carbocycles. The van der Waals surface area contributed by atoms with Gasteiger partial charge in [-0.1, -0.05) is 29.8 Å². The van der Waals surface area contributed by atoms with E-state index >= 15 is 0 Å². The lowest BCUT2D eigenvalue weighted by atomic mass is 10.1. The van der Waals surface area contributed by atoms with E-state index < -0.39 is 22.8 Å². The Hall–Kier alpha value is -5.03. The summed E-state index contributed by atoms with van der Waals surface area (Å²) in [5.74, 6) is -1.87. The fourth-order valence-electron chi connectivity index (χ4n) is 3.34. The van der Waals surface area contributed by atoms with E-state index in [0.717, 1.165) is 6.07 Å². The molecule has 1 saturated heterocycles. The lowest BCUT2D eigenvalue weighted by Crippen LogP contribution is -2.54. The SMILES string of the molecule is O=C(COc1ccc(/C=C2\C(=O)NC(=O)N(c3cccc([N+](=O)[O-])c3)C2=O)cc1)Nc1ccc(Cl)cc1. The predicted molar refractivity (Wildman–Crippen MR) is 134 cm³/mol. The molecular weight excluding hydrogens is 504 g/mol. The summed E-state index contributed by atoms with van der Waals surface area (Å²) in [6.45, 7) is -0.260. The summed E-state index contributed by atoms with van der Waals surface area (Å²) in [6.07, 6.45) is 1.27. The number of rotatable bonds is 7. The second-order valence-corrected chi connectivity index (χ2v) is 8.08. The van der Waals surface area contributed by atoms with Crippen LogP contribution in [0, 0.1) is 10.1 Å². The molecule has 37 heavy (non-hydrogen) atoms. The van der Waals surface area contributed by atoms with Crippen LogP contribution in [0.3, 0.4) is 0 Å². The quantitative estimate of drug-likeness (QED) is 0.207. The Labute approximate surface area is 214 Å². The zero-order valence-corrected chi connectivity index (χ0v) is 19.6. The first-order valence-electron chi connectivity index (χ1n) is 10.7. The average Bonchev–Trinajstić information content (AvgIpc) is 2.87. The Kier molecular flexibility index (Phi) is 7.26. The van der Waals surface area contributed by atoms with Crippen molar-refractivity contribution in [1.82, 2.24) is 5.32 Å². The largest absolute Gasteiger partial charge is 0.484 e. The van der Waals surface area contributed by atoms with Gasteiger partial charge in [0.1, 0.15) is 11.3 Å². The number of non-ortho nitro benzene ring substituents is 1. The number of nitro groups is 1. The van der Waals surface area contributed by atoms with Crippen LogP contribution in [-0.2, 0) is 14.4 Å². The molecule has 0 unspecified atom stereocenters. The maximum atomic E-state index is 13.0. The smallest absolute Gasteiger partial charge is 0.335 e. The van der Waals surface area contributed by atoms with Gasteiger partial charge >= 0.3 is 6.03 Å². The second-order valence-electron chi connectivity index (χ2n) is 7.65. The van der Waals surface area contributed by atoms with E-state index in [1.165, 1.54) is 36.4 Å². The highest BCUT2D eigenvalue weighted by atomic mass is 35.5. The number of barbiturate groups is 1. The van der Waals surface area contributed by atoms with Crippen molar-refractivity contribution < 1.29 is 28.8 Å². The minimum atomic E-state index is -1.02. The van der Waals surface area contributed by atoms with E-state index in [1.807, 2.05) is 0 Å². The fourth-order valence-corrected chi connectivity index (χ4v) is 3.47. The van der Waals surface area contributed by atoms with Crippen LogP contribution in [0.25, 0.3) is 6.08 Å². The van der Waals surface area contributed by atoms with Crippen molar-refractivity contribution in [2.75, 3.05) is 16.8 Å². The Morgan fingerprint density at radius 3 is 2.43 bits per heavy atom. The summed E-state index contributed by atoms with van der Waals surface area (Å²) in [5.41, 5.74) is 0.272. The molecule has 1 aliphatic rings. The number of hydrogen-bond acceptors (Lipinski definition) is 7. The minimum absolute atomic E-state index is 0.0595. The number of nitrogens with zero attached hydrogens (tertiary/aromatic N) is 2. The van der Waals surface area contributed by atoms with Crippen LogP contribution in [0.15, 0.2) is 78.4 Å². The second kappa shape index (κ2) is 10.7. The van der Waals surface area contributed by atoms with Crippen molar-refractivity contribution in [3.05, 3.63) is 99.1 Å². The van der Waals surface area contributed by atoms with Crippen LogP contribution < -0.4 is 20.3 Å². The number of urea groups is 1. The monoisotopic (exact) mass is 520 g/mol. The molecule has 186 valence electrons. The molecule has 0 saturated carbocycles. The average molecular weight is 521 g/mol. The third kappa shape index (κ3) is 5.97. The number of carbonyl (C=O) groups is 4. The molecule has 3 aromatic rings. The van der Waals surface area contributed by atoms with Gasteiger partial charge in [0.15, 0.2) is 6.61 Å². The number of hydrogen-bond donors (Lipinski definition) is 2. The molecule has 1 aliphatic heterocycles. The van der Waals surface area contributed by atoms with E-state index in [9.17, 15) is 29.3 Å². The highest BCUT2D eigenvalue weighted by Gasteiger charge is 2.37. The number of anilines is 2. The van der Waals surface area contributed by atoms with Crippen molar-refractivity contribution in [2.24, 2.45) is 0 Å². The van der Waals surface area contributed by atoms with Gasteiger partial charge in [0.25, 0.3) is 23.4 Å². The molecule has 3 aromatic carbocycles. The predicted octanol–water partition coefficient (Wildman–Crippen LogP) is 3.93. The minimum Gasteiger partial charge on any atom is -0.484 e. The molecule has 5 amide bonds. The Balaban J connectivity index is 1.45. The molecule has 4 rings (SSSR count). The summed E-state index contributed by atoms with van der Waals surface area (Å²) >= 11 is 5.82. The molecule has 0 radical (unpaired) electrons. The topological polar surface area (TPSA) is 148 Å². The van der Waals surface area contributed by atoms with Crippen molar-refractivity contribution in [2.45, 2.75) is 0 Å². The van der Waals surface area contributed by atoms with Gasteiger partial charge in [0.2, 0.25) is 0 Å². The molecule has 0 aromatic heterocycles. The van der Waals surface area contributed by atoms with Gasteiger partial charge in [0, 0.05) is 22.8 Å². The molecule has 1 fully saturated rings. The number of carbonyl (C=O) groups excluding carboxylic acids is 4. The normalized spacial score (nSPS) is 14.4. The van der Waals surface area contributed by atoms with E-state index in [4.69, 9.17) is 16.3 Å². The summed E-state index contributed by atoms with van der Waals surface area (Å²) in [6, 6.07) is 16.7. The van der Waals surface area contributed by atoms with Gasteiger partial charge in [-0.05, 0) is 54.1 Å². The molecular formula is C25H17ClN4O7.